The second-order valence-electron chi connectivity index (χ2n) is 11.4. The van der Waals surface area contributed by atoms with Gasteiger partial charge in [-0.15, -0.1) is 0 Å². The van der Waals surface area contributed by atoms with E-state index >= 15 is 0 Å². The fraction of sp³-hybridized carbons (Fsp3) is 1.00. The minimum Gasteiger partial charge on any atom is -0.393 e. The molecule has 0 aromatic rings. The molecule has 2 heteroatoms. The van der Waals surface area contributed by atoms with E-state index in [-0.39, 0.29) is 11.7 Å². The van der Waals surface area contributed by atoms with E-state index in [1.165, 1.54) is 44.9 Å². The third-order valence-electron chi connectivity index (χ3n) is 9.05. The SMILES string of the molecule is CC(C)(C)OC1CCC2C3CCC4CC(O)CC[C@]4(C)C3CC[C@]12C. The molecule has 4 fully saturated rings. The van der Waals surface area contributed by atoms with Crippen LogP contribution in [0.3, 0.4) is 0 Å². The third-order valence-corrected chi connectivity index (χ3v) is 9.05. The van der Waals surface area contributed by atoms with Crippen molar-refractivity contribution < 1.29 is 9.84 Å². The lowest BCUT2D eigenvalue weighted by Crippen LogP contribution is -2.55. The molecule has 0 saturated heterocycles. The summed E-state index contributed by atoms with van der Waals surface area (Å²) >= 11 is 0. The van der Waals surface area contributed by atoms with Crippen LogP contribution in [-0.2, 0) is 4.74 Å². The Balaban J connectivity index is 1.56. The van der Waals surface area contributed by atoms with Gasteiger partial charge in [0.2, 0.25) is 0 Å². The lowest BCUT2D eigenvalue weighted by molar-refractivity contribution is -0.160. The van der Waals surface area contributed by atoms with E-state index < -0.39 is 0 Å². The fourth-order valence-electron chi connectivity index (χ4n) is 7.81. The van der Waals surface area contributed by atoms with Crippen molar-refractivity contribution in [3.8, 4) is 0 Å². The van der Waals surface area contributed by atoms with E-state index in [1.807, 2.05) is 0 Å². The standard InChI is InChI=1S/C23H40O2/c1-21(2,3)25-20-9-8-18-17-7-6-15-14-16(24)10-12-22(15,4)19(17)11-13-23(18,20)5/h15-20,24H,6-14H2,1-5H3/t15?,16?,17?,18?,19?,20?,22-,23-/m0/s1. The highest BCUT2D eigenvalue weighted by Gasteiger charge is 2.60. The van der Waals surface area contributed by atoms with Crippen molar-refractivity contribution in [2.24, 2.45) is 34.5 Å². The molecule has 6 unspecified atom stereocenters. The van der Waals surface area contributed by atoms with Crippen LogP contribution in [0.15, 0.2) is 0 Å². The molecule has 0 radical (unpaired) electrons. The fourth-order valence-corrected chi connectivity index (χ4v) is 7.81. The smallest absolute Gasteiger partial charge is 0.0638 e. The van der Waals surface area contributed by atoms with E-state index in [1.54, 1.807) is 0 Å². The molecule has 0 aromatic carbocycles. The average molecular weight is 349 g/mol. The maximum absolute atomic E-state index is 10.2. The number of fused-ring (bicyclic) bond motifs is 5. The van der Waals surface area contributed by atoms with Crippen LogP contribution in [-0.4, -0.2) is 22.9 Å². The molecule has 0 amide bonds. The van der Waals surface area contributed by atoms with Gasteiger partial charge in [0.25, 0.3) is 0 Å². The monoisotopic (exact) mass is 348 g/mol. The minimum absolute atomic E-state index is 0.0252. The van der Waals surface area contributed by atoms with Crippen LogP contribution in [0.2, 0.25) is 0 Å². The molecule has 2 nitrogen and oxygen atoms in total. The Morgan fingerprint density at radius 3 is 2.24 bits per heavy atom. The Morgan fingerprint density at radius 2 is 1.52 bits per heavy atom. The lowest BCUT2D eigenvalue weighted by Gasteiger charge is -2.61. The van der Waals surface area contributed by atoms with E-state index in [0.717, 1.165) is 36.5 Å². The third kappa shape index (κ3) is 2.90. The Labute approximate surface area is 155 Å². The van der Waals surface area contributed by atoms with Gasteiger partial charge in [0.05, 0.1) is 17.8 Å². The normalized spacial score (nSPS) is 53.0. The zero-order chi connectivity index (χ0) is 18.0. The van der Waals surface area contributed by atoms with Gasteiger partial charge in [-0.3, -0.25) is 0 Å². The molecule has 0 aliphatic heterocycles. The van der Waals surface area contributed by atoms with Crippen LogP contribution in [0.1, 0.15) is 92.4 Å². The van der Waals surface area contributed by atoms with Crippen LogP contribution in [0.5, 0.6) is 0 Å². The first-order valence-electron chi connectivity index (χ1n) is 11.0. The predicted octanol–water partition coefficient (Wildman–Crippen LogP) is 5.57. The highest BCUT2D eigenvalue weighted by atomic mass is 16.5. The quantitative estimate of drug-likeness (QED) is 0.671. The number of aliphatic hydroxyl groups is 1. The molecule has 4 saturated carbocycles. The second kappa shape index (κ2) is 5.96. The highest BCUT2D eigenvalue weighted by molar-refractivity contribution is 5.10. The van der Waals surface area contributed by atoms with Gasteiger partial charge in [0, 0.05) is 0 Å². The molecular formula is C23H40O2. The van der Waals surface area contributed by atoms with Gasteiger partial charge in [0.1, 0.15) is 0 Å². The highest BCUT2D eigenvalue weighted by Crippen LogP contribution is 2.66. The maximum Gasteiger partial charge on any atom is 0.0638 e. The number of aliphatic hydroxyl groups excluding tert-OH is 1. The first-order valence-corrected chi connectivity index (χ1v) is 11.0. The van der Waals surface area contributed by atoms with Crippen molar-refractivity contribution in [2.45, 2.75) is 110 Å². The van der Waals surface area contributed by atoms with E-state index in [9.17, 15) is 5.11 Å². The Bertz CT molecular complexity index is 509. The van der Waals surface area contributed by atoms with Crippen molar-refractivity contribution in [3.63, 3.8) is 0 Å². The lowest BCUT2D eigenvalue weighted by atomic mass is 9.45. The van der Waals surface area contributed by atoms with Gasteiger partial charge in [-0.2, -0.15) is 0 Å². The van der Waals surface area contributed by atoms with Crippen LogP contribution in [0.25, 0.3) is 0 Å². The molecule has 144 valence electrons. The number of hydrogen-bond donors (Lipinski definition) is 1. The summed E-state index contributed by atoms with van der Waals surface area (Å²) in [7, 11) is 0. The first kappa shape index (κ1) is 18.3. The van der Waals surface area contributed by atoms with Crippen LogP contribution >= 0.6 is 0 Å². The van der Waals surface area contributed by atoms with Crippen LogP contribution < -0.4 is 0 Å². The molecule has 4 aliphatic rings. The molecule has 4 aliphatic carbocycles. The van der Waals surface area contributed by atoms with Gasteiger partial charge in [-0.05, 0) is 113 Å². The van der Waals surface area contributed by atoms with Crippen molar-refractivity contribution in [3.05, 3.63) is 0 Å². The van der Waals surface area contributed by atoms with Gasteiger partial charge >= 0.3 is 0 Å². The summed E-state index contributed by atoms with van der Waals surface area (Å²) in [6.45, 7) is 11.8. The van der Waals surface area contributed by atoms with Crippen LogP contribution in [0.4, 0.5) is 0 Å². The zero-order valence-electron chi connectivity index (χ0n) is 17.2. The van der Waals surface area contributed by atoms with E-state index in [4.69, 9.17) is 4.74 Å². The topological polar surface area (TPSA) is 29.5 Å². The molecule has 0 spiro atoms. The van der Waals surface area contributed by atoms with Gasteiger partial charge in [-0.1, -0.05) is 13.8 Å². The van der Waals surface area contributed by atoms with E-state index in [2.05, 4.69) is 34.6 Å². The number of ether oxygens (including phenoxy) is 1. The average Bonchev–Trinajstić information content (AvgIpc) is 2.83. The van der Waals surface area contributed by atoms with E-state index in [0.29, 0.717) is 16.9 Å². The summed E-state index contributed by atoms with van der Waals surface area (Å²) in [4.78, 5) is 0. The Hall–Kier alpha value is -0.0800. The number of rotatable bonds is 1. The van der Waals surface area contributed by atoms with Crippen molar-refractivity contribution in [2.75, 3.05) is 0 Å². The van der Waals surface area contributed by atoms with Crippen molar-refractivity contribution >= 4 is 0 Å². The second-order valence-corrected chi connectivity index (χ2v) is 11.4. The maximum atomic E-state index is 10.2. The molecule has 0 aromatic heterocycles. The van der Waals surface area contributed by atoms with Crippen LogP contribution in [0, 0.1) is 34.5 Å². The first-order chi connectivity index (χ1) is 11.6. The summed E-state index contributed by atoms with van der Waals surface area (Å²) < 4.78 is 6.56. The number of hydrogen-bond acceptors (Lipinski definition) is 2. The Kier molecular flexibility index (Phi) is 4.36. The molecule has 1 N–H and O–H groups in total. The minimum atomic E-state index is -0.0282. The summed E-state index contributed by atoms with van der Waals surface area (Å²) in [6, 6.07) is 0. The molecule has 8 atom stereocenters. The van der Waals surface area contributed by atoms with Gasteiger partial charge in [-0.25, -0.2) is 0 Å². The molecule has 0 heterocycles. The largest absolute Gasteiger partial charge is 0.393 e. The molecular weight excluding hydrogens is 308 g/mol. The van der Waals surface area contributed by atoms with Gasteiger partial charge < -0.3 is 9.84 Å². The predicted molar refractivity (Wildman–Crippen MR) is 102 cm³/mol. The molecule has 25 heavy (non-hydrogen) atoms. The van der Waals surface area contributed by atoms with Gasteiger partial charge in [0.15, 0.2) is 0 Å². The van der Waals surface area contributed by atoms with Crippen molar-refractivity contribution in [1.29, 1.82) is 0 Å². The molecule has 4 rings (SSSR count). The summed E-state index contributed by atoms with van der Waals surface area (Å²) in [5.74, 6) is 3.43. The van der Waals surface area contributed by atoms with Crippen molar-refractivity contribution in [1.82, 2.24) is 0 Å². The summed E-state index contributed by atoms with van der Waals surface area (Å²) in [5, 5.41) is 10.2. The summed E-state index contributed by atoms with van der Waals surface area (Å²) in [5.41, 5.74) is 0.862. The molecule has 0 bridgehead atoms. The Morgan fingerprint density at radius 1 is 0.840 bits per heavy atom. The zero-order valence-corrected chi connectivity index (χ0v) is 17.2. The summed E-state index contributed by atoms with van der Waals surface area (Å²) in [6.07, 6.45) is 11.9.